The zero-order valence-electron chi connectivity index (χ0n) is 14.9. The highest BCUT2D eigenvalue weighted by Gasteiger charge is 2.30. The van der Waals surface area contributed by atoms with Crippen molar-refractivity contribution in [3.8, 4) is 0 Å². The standard InChI is InChI=1S/C19H22F3N3O/c1-13(2)17(16-9-4-5-10-23-16)24-18(26)25(3)12-14-7-6-8-15(11-14)19(20,21)22/h4-11,13,17H,12H2,1-3H3,(H,24,26)/t17-/m1/s1. The van der Waals surface area contributed by atoms with Gasteiger partial charge in [-0.1, -0.05) is 32.0 Å². The third-order valence-corrected chi connectivity index (χ3v) is 3.97. The molecule has 0 aliphatic heterocycles. The topological polar surface area (TPSA) is 45.2 Å². The van der Waals surface area contributed by atoms with Crippen molar-refractivity contribution < 1.29 is 18.0 Å². The second kappa shape index (κ2) is 8.21. The normalized spacial score (nSPS) is 12.7. The lowest BCUT2D eigenvalue weighted by Crippen LogP contribution is -2.40. The fourth-order valence-corrected chi connectivity index (χ4v) is 2.58. The van der Waals surface area contributed by atoms with Crippen molar-refractivity contribution in [3.05, 3.63) is 65.5 Å². The molecule has 2 rings (SSSR count). The Kier molecular flexibility index (Phi) is 6.23. The number of hydrogen-bond acceptors (Lipinski definition) is 2. The van der Waals surface area contributed by atoms with E-state index in [4.69, 9.17) is 0 Å². The summed E-state index contributed by atoms with van der Waals surface area (Å²) in [5, 5.41) is 2.90. The van der Waals surface area contributed by atoms with Gasteiger partial charge in [-0.15, -0.1) is 0 Å². The number of halogens is 3. The second-order valence-electron chi connectivity index (χ2n) is 6.48. The number of carbonyl (C=O) groups is 1. The second-order valence-corrected chi connectivity index (χ2v) is 6.48. The Bertz CT molecular complexity index is 732. The van der Waals surface area contributed by atoms with E-state index in [1.54, 1.807) is 25.4 Å². The maximum absolute atomic E-state index is 12.8. The van der Waals surface area contributed by atoms with Gasteiger partial charge in [-0.3, -0.25) is 4.98 Å². The molecular formula is C19H22F3N3O. The summed E-state index contributed by atoms with van der Waals surface area (Å²) in [6, 6.07) is 9.80. The number of rotatable bonds is 5. The van der Waals surface area contributed by atoms with Gasteiger partial charge in [-0.05, 0) is 35.7 Å². The molecule has 0 bridgehead atoms. The van der Waals surface area contributed by atoms with Crippen molar-refractivity contribution in [2.75, 3.05) is 7.05 Å². The van der Waals surface area contributed by atoms with Crippen LogP contribution in [-0.2, 0) is 12.7 Å². The molecule has 26 heavy (non-hydrogen) atoms. The van der Waals surface area contributed by atoms with Gasteiger partial charge >= 0.3 is 12.2 Å². The molecule has 140 valence electrons. The minimum Gasteiger partial charge on any atom is -0.329 e. The Hall–Kier alpha value is -2.57. The van der Waals surface area contributed by atoms with Crippen LogP contribution in [0, 0.1) is 5.92 Å². The number of alkyl halides is 3. The Labute approximate surface area is 151 Å². The maximum Gasteiger partial charge on any atom is 0.416 e. The molecule has 0 spiro atoms. The van der Waals surface area contributed by atoms with Gasteiger partial charge in [-0.2, -0.15) is 13.2 Å². The molecule has 0 saturated heterocycles. The van der Waals surface area contributed by atoms with Crippen molar-refractivity contribution >= 4 is 6.03 Å². The number of nitrogens with zero attached hydrogens (tertiary/aromatic N) is 2. The monoisotopic (exact) mass is 365 g/mol. The van der Waals surface area contributed by atoms with Gasteiger partial charge < -0.3 is 10.2 Å². The highest BCUT2D eigenvalue weighted by atomic mass is 19.4. The van der Waals surface area contributed by atoms with Gasteiger partial charge in [0, 0.05) is 19.8 Å². The average Bonchev–Trinajstić information content (AvgIpc) is 2.59. The molecule has 4 nitrogen and oxygen atoms in total. The number of benzene rings is 1. The van der Waals surface area contributed by atoms with Crippen LogP contribution in [0.1, 0.15) is 36.7 Å². The SMILES string of the molecule is CC(C)[C@@H](NC(=O)N(C)Cc1cccc(C(F)(F)F)c1)c1ccccn1. The van der Waals surface area contributed by atoms with Crippen LogP contribution >= 0.6 is 0 Å². The molecule has 0 fully saturated rings. The number of carbonyl (C=O) groups excluding carboxylic acids is 1. The molecule has 1 atom stereocenters. The molecule has 2 aromatic rings. The summed E-state index contributed by atoms with van der Waals surface area (Å²) in [6.07, 6.45) is -2.75. The van der Waals surface area contributed by atoms with Crippen LogP contribution in [-0.4, -0.2) is 23.0 Å². The van der Waals surface area contributed by atoms with E-state index in [9.17, 15) is 18.0 Å². The first-order chi connectivity index (χ1) is 12.2. The van der Waals surface area contributed by atoms with E-state index in [-0.39, 0.29) is 24.5 Å². The van der Waals surface area contributed by atoms with Gasteiger partial charge in [0.2, 0.25) is 0 Å². The zero-order valence-corrected chi connectivity index (χ0v) is 14.9. The molecule has 0 aliphatic rings. The smallest absolute Gasteiger partial charge is 0.329 e. The van der Waals surface area contributed by atoms with Gasteiger partial charge in [0.25, 0.3) is 0 Å². The Morgan fingerprint density at radius 3 is 2.50 bits per heavy atom. The third-order valence-electron chi connectivity index (χ3n) is 3.97. The van der Waals surface area contributed by atoms with E-state index in [0.717, 1.165) is 17.8 Å². The van der Waals surface area contributed by atoms with Gasteiger partial charge in [0.05, 0.1) is 17.3 Å². The Balaban J connectivity index is 2.07. The van der Waals surface area contributed by atoms with Crippen molar-refractivity contribution in [2.45, 2.75) is 32.6 Å². The number of aromatic nitrogens is 1. The molecule has 1 heterocycles. The van der Waals surface area contributed by atoms with Crippen LogP contribution in [0.5, 0.6) is 0 Å². The minimum atomic E-state index is -4.40. The largest absolute Gasteiger partial charge is 0.416 e. The lowest BCUT2D eigenvalue weighted by atomic mass is 10.0. The predicted molar refractivity (Wildman–Crippen MR) is 93.3 cm³/mol. The molecule has 0 saturated carbocycles. The number of amides is 2. The summed E-state index contributed by atoms with van der Waals surface area (Å²) in [5.74, 6) is 0.107. The number of hydrogen-bond donors (Lipinski definition) is 1. The van der Waals surface area contributed by atoms with Crippen LogP contribution in [0.15, 0.2) is 48.7 Å². The fourth-order valence-electron chi connectivity index (χ4n) is 2.58. The minimum absolute atomic E-state index is 0.0722. The van der Waals surface area contributed by atoms with Crippen LogP contribution in [0.4, 0.5) is 18.0 Å². The summed E-state index contributed by atoms with van der Waals surface area (Å²) in [7, 11) is 1.55. The molecule has 1 N–H and O–H groups in total. The summed E-state index contributed by atoms with van der Waals surface area (Å²) >= 11 is 0. The molecule has 0 aliphatic carbocycles. The molecule has 1 aromatic carbocycles. The fraction of sp³-hybridized carbons (Fsp3) is 0.368. The van der Waals surface area contributed by atoms with Crippen LogP contribution in [0.25, 0.3) is 0 Å². The van der Waals surface area contributed by atoms with Crippen molar-refractivity contribution in [2.24, 2.45) is 5.92 Å². The molecule has 0 unspecified atom stereocenters. The molecule has 0 radical (unpaired) electrons. The van der Waals surface area contributed by atoms with Crippen molar-refractivity contribution in [1.29, 1.82) is 0 Å². The van der Waals surface area contributed by atoms with Gasteiger partial charge in [0.15, 0.2) is 0 Å². The quantitative estimate of drug-likeness (QED) is 0.839. The number of pyridine rings is 1. The van der Waals surface area contributed by atoms with Gasteiger partial charge in [-0.25, -0.2) is 4.79 Å². The van der Waals surface area contributed by atoms with Crippen molar-refractivity contribution in [1.82, 2.24) is 15.2 Å². The third kappa shape index (κ3) is 5.21. The van der Waals surface area contributed by atoms with Crippen LogP contribution in [0.2, 0.25) is 0 Å². The number of nitrogens with one attached hydrogen (secondary N) is 1. The van der Waals surface area contributed by atoms with E-state index < -0.39 is 11.7 Å². The highest BCUT2D eigenvalue weighted by Crippen LogP contribution is 2.29. The zero-order chi connectivity index (χ0) is 19.3. The summed E-state index contributed by atoms with van der Waals surface area (Å²) in [6.45, 7) is 4.00. The molecular weight excluding hydrogens is 343 g/mol. The molecule has 7 heteroatoms. The van der Waals surface area contributed by atoms with Crippen LogP contribution in [0.3, 0.4) is 0 Å². The first kappa shape index (κ1) is 19.8. The Morgan fingerprint density at radius 2 is 1.92 bits per heavy atom. The first-order valence-electron chi connectivity index (χ1n) is 8.27. The first-order valence-corrected chi connectivity index (χ1v) is 8.27. The summed E-state index contributed by atoms with van der Waals surface area (Å²) < 4.78 is 38.4. The lowest BCUT2D eigenvalue weighted by Gasteiger charge is -2.26. The van der Waals surface area contributed by atoms with E-state index in [1.807, 2.05) is 26.0 Å². The van der Waals surface area contributed by atoms with E-state index >= 15 is 0 Å². The maximum atomic E-state index is 12.8. The highest BCUT2D eigenvalue weighted by molar-refractivity contribution is 5.74. The van der Waals surface area contributed by atoms with E-state index in [1.165, 1.54) is 11.0 Å². The summed E-state index contributed by atoms with van der Waals surface area (Å²) in [4.78, 5) is 18.1. The van der Waals surface area contributed by atoms with Crippen molar-refractivity contribution in [3.63, 3.8) is 0 Å². The summed E-state index contributed by atoms with van der Waals surface area (Å²) in [5.41, 5.74) is 0.428. The van der Waals surface area contributed by atoms with Crippen LogP contribution < -0.4 is 5.32 Å². The van der Waals surface area contributed by atoms with Gasteiger partial charge in [0.1, 0.15) is 0 Å². The Morgan fingerprint density at radius 1 is 1.19 bits per heavy atom. The average molecular weight is 365 g/mol. The van der Waals surface area contributed by atoms with E-state index in [2.05, 4.69) is 10.3 Å². The number of urea groups is 1. The molecule has 1 aromatic heterocycles. The molecule has 2 amide bonds. The lowest BCUT2D eigenvalue weighted by molar-refractivity contribution is -0.137. The predicted octanol–water partition coefficient (Wildman–Crippen LogP) is 4.64. The van der Waals surface area contributed by atoms with E-state index in [0.29, 0.717) is 5.56 Å².